The molecular formula is C17H19FO2. The third-order valence-corrected chi connectivity index (χ3v) is 2.85. The maximum Gasteiger partial charge on any atom is 0.119 e. The highest BCUT2D eigenvalue weighted by atomic mass is 19.1. The molecule has 2 rings (SSSR count). The highest BCUT2D eigenvalue weighted by Gasteiger charge is 1.98. The fourth-order valence-electron chi connectivity index (χ4n) is 1.86. The summed E-state index contributed by atoms with van der Waals surface area (Å²) in [7, 11) is 0. The molecule has 0 heterocycles. The van der Waals surface area contributed by atoms with Crippen LogP contribution in [0.4, 0.5) is 4.39 Å². The van der Waals surface area contributed by atoms with Crippen molar-refractivity contribution < 1.29 is 13.9 Å². The van der Waals surface area contributed by atoms with Crippen LogP contribution < -0.4 is 9.47 Å². The van der Waals surface area contributed by atoms with Crippen LogP contribution in [0, 0.1) is 0 Å². The molecule has 0 aliphatic rings. The highest BCUT2D eigenvalue weighted by molar-refractivity contribution is 5.28. The minimum Gasteiger partial charge on any atom is -0.493 e. The van der Waals surface area contributed by atoms with Crippen molar-refractivity contribution in [3.63, 3.8) is 0 Å². The fourth-order valence-corrected chi connectivity index (χ4v) is 1.86. The summed E-state index contributed by atoms with van der Waals surface area (Å²) in [4.78, 5) is 0. The predicted molar refractivity (Wildman–Crippen MR) is 78.2 cm³/mol. The Morgan fingerprint density at radius 1 is 0.800 bits per heavy atom. The number of para-hydroxylation sites is 1. The van der Waals surface area contributed by atoms with Crippen molar-refractivity contribution in [2.24, 2.45) is 0 Å². The van der Waals surface area contributed by atoms with Gasteiger partial charge in [0, 0.05) is 12.8 Å². The van der Waals surface area contributed by atoms with Crippen LogP contribution in [0.25, 0.3) is 0 Å². The Bertz CT molecular complexity index is 499. The van der Waals surface area contributed by atoms with Crippen molar-refractivity contribution in [2.45, 2.75) is 12.8 Å². The molecule has 0 aliphatic carbocycles. The lowest BCUT2D eigenvalue weighted by Crippen LogP contribution is -2.05. The molecule has 2 nitrogen and oxygen atoms in total. The predicted octanol–water partition coefficient (Wildman–Crippen LogP) is 4.05. The topological polar surface area (TPSA) is 18.5 Å². The molecule has 0 saturated heterocycles. The molecule has 106 valence electrons. The third-order valence-electron chi connectivity index (χ3n) is 2.85. The van der Waals surface area contributed by atoms with E-state index in [9.17, 15) is 4.39 Å². The zero-order chi connectivity index (χ0) is 14.0. The summed E-state index contributed by atoms with van der Waals surface area (Å²) >= 11 is 0. The molecule has 0 atom stereocenters. The summed E-state index contributed by atoms with van der Waals surface area (Å²) in [6.45, 7) is 0.870. The molecule has 0 aromatic heterocycles. The van der Waals surface area contributed by atoms with Crippen molar-refractivity contribution in [1.82, 2.24) is 0 Å². The molecule has 0 radical (unpaired) electrons. The molecular weight excluding hydrogens is 255 g/mol. The molecule has 0 spiro atoms. The van der Waals surface area contributed by atoms with Crippen molar-refractivity contribution in [3.8, 4) is 11.5 Å². The van der Waals surface area contributed by atoms with Gasteiger partial charge in [-0.2, -0.15) is 0 Å². The lowest BCUT2D eigenvalue weighted by molar-refractivity contribution is 0.247. The first-order valence-corrected chi connectivity index (χ1v) is 6.84. The van der Waals surface area contributed by atoms with E-state index in [1.54, 1.807) is 0 Å². The van der Waals surface area contributed by atoms with Gasteiger partial charge in [-0.25, -0.2) is 0 Å². The Labute approximate surface area is 119 Å². The largest absolute Gasteiger partial charge is 0.493 e. The van der Waals surface area contributed by atoms with E-state index in [0.717, 1.165) is 23.5 Å². The monoisotopic (exact) mass is 274 g/mol. The van der Waals surface area contributed by atoms with Crippen molar-refractivity contribution in [3.05, 3.63) is 60.2 Å². The van der Waals surface area contributed by atoms with Crippen LogP contribution in [0.15, 0.2) is 54.6 Å². The SMILES string of the molecule is FCCc1cccc(OCCCOc2ccccc2)c1. The number of aryl methyl sites for hydroxylation is 1. The number of benzene rings is 2. The van der Waals surface area contributed by atoms with E-state index in [1.807, 2.05) is 54.6 Å². The van der Waals surface area contributed by atoms with E-state index in [2.05, 4.69) is 0 Å². The molecule has 0 unspecified atom stereocenters. The Morgan fingerprint density at radius 2 is 1.50 bits per heavy atom. The van der Waals surface area contributed by atoms with E-state index in [1.165, 1.54) is 0 Å². The Kier molecular flexibility index (Phi) is 5.90. The van der Waals surface area contributed by atoms with E-state index in [-0.39, 0.29) is 6.67 Å². The van der Waals surface area contributed by atoms with Crippen LogP contribution in [0.1, 0.15) is 12.0 Å². The molecule has 20 heavy (non-hydrogen) atoms. The van der Waals surface area contributed by atoms with Gasteiger partial charge in [0.25, 0.3) is 0 Å². The number of halogens is 1. The third kappa shape index (κ3) is 4.92. The van der Waals surface area contributed by atoms with Crippen LogP contribution in [-0.4, -0.2) is 19.9 Å². The second kappa shape index (κ2) is 8.20. The summed E-state index contributed by atoms with van der Waals surface area (Å²) in [5.74, 6) is 1.66. The van der Waals surface area contributed by atoms with Crippen LogP contribution in [0.3, 0.4) is 0 Å². The summed E-state index contributed by atoms with van der Waals surface area (Å²) < 4.78 is 23.5. The Hall–Kier alpha value is -2.03. The number of hydrogen-bond donors (Lipinski definition) is 0. The summed E-state index contributed by atoms with van der Waals surface area (Å²) in [6.07, 6.45) is 1.25. The van der Waals surface area contributed by atoms with Crippen molar-refractivity contribution in [1.29, 1.82) is 0 Å². The minimum atomic E-state index is -0.339. The zero-order valence-electron chi connectivity index (χ0n) is 11.4. The Morgan fingerprint density at radius 3 is 2.25 bits per heavy atom. The molecule has 0 aliphatic heterocycles. The van der Waals surface area contributed by atoms with Crippen molar-refractivity contribution >= 4 is 0 Å². The van der Waals surface area contributed by atoms with Gasteiger partial charge in [0.05, 0.1) is 19.9 Å². The second-order valence-electron chi connectivity index (χ2n) is 4.45. The first-order chi connectivity index (χ1) is 9.88. The van der Waals surface area contributed by atoms with Gasteiger partial charge in [0.1, 0.15) is 11.5 Å². The zero-order valence-corrected chi connectivity index (χ0v) is 11.4. The first-order valence-electron chi connectivity index (χ1n) is 6.84. The van der Waals surface area contributed by atoms with E-state index >= 15 is 0 Å². The maximum absolute atomic E-state index is 12.3. The smallest absolute Gasteiger partial charge is 0.119 e. The van der Waals surface area contributed by atoms with Crippen LogP contribution in [0.2, 0.25) is 0 Å². The normalized spacial score (nSPS) is 10.2. The van der Waals surface area contributed by atoms with Gasteiger partial charge in [-0.3, -0.25) is 4.39 Å². The second-order valence-corrected chi connectivity index (χ2v) is 4.45. The average Bonchev–Trinajstić information content (AvgIpc) is 2.49. The number of ether oxygens (including phenoxy) is 2. The quantitative estimate of drug-likeness (QED) is 0.676. The van der Waals surface area contributed by atoms with Gasteiger partial charge in [-0.1, -0.05) is 30.3 Å². The van der Waals surface area contributed by atoms with Crippen LogP contribution in [0.5, 0.6) is 11.5 Å². The molecule has 0 N–H and O–H groups in total. The van der Waals surface area contributed by atoms with E-state index < -0.39 is 0 Å². The lowest BCUT2D eigenvalue weighted by atomic mass is 10.1. The van der Waals surface area contributed by atoms with Gasteiger partial charge in [-0.05, 0) is 29.8 Å². The van der Waals surface area contributed by atoms with Gasteiger partial charge < -0.3 is 9.47 Å². The van der Waals surface area contributed by atoms with Gasteiger partial charge >= 0.3 is 0 Å². The van der Waals surface area contributed by atoms with Gasteiger partial charge in [-0.15, -0.1) is 0 Å². The molecule has 2 aromatic rings. The molecule has 0 saturated carbocycles. The average molecular weight is 274 g/mol. The molecule has 2 aromatic carbocycles. The number of hydrogen-bond acceptors (Lipinski definition) is 2. The highest BCUT2D eigenvalue weighted by Crippen LogP contribution is 2.14. The number of rotatable bonds is 8. The maximum atomic E-state index is 12.3. The van der Waals surface area contributed by atoms with Gasteiger partial charge in [0.2, 0.25) is 0 Å². The molecule has 0 amide bonds. The fraction of sp³-hybridized carbons (Fsp3) is 0.294. The lowest BCUT2D eigenvalue weighted by Gasteiger charge is -2.08. The van der Waals surface area contributed by atoms with Crippen LogP contribution in [-0.2, 0) is 6.42 Å². The van der Waals surface area contributed by atoms with E-state index in [4.69, 9.17) is 9.47 Å². The number of alkyl halides is 1. The molecule has 3 heteroatoms. The van der Waals surface area contributed by atoms with Crippen molar-refractivity contribution in [2.75, 3.05) is 19.9 Å². The Balaban J connectivity index is 1.67. The summed E-state index contributed by atoms with van der Waals surface area (Å²) in [5, 5.41) is 0. The summed E-state index contributed by atoms with van der Waals surface area (Å²) in [5.41, 5.74) is 0.963. The minimum absolute atomic E-state index is 0.339. The first kappa shape index (κ1) is 14.4. The van der Waals surface area contributed by atoms with Crippen LogP contribution >= 0.6 is 0 Å². The van der Waals surface area contributed by atoms with Gasteiger partial charge in [0.15, 0.2) is 0 Å². The standard InChI is InChI=1S/C17H19FO2/c18-11-10-15-6-4-9-17(14-15)20-13-5-12-19-16-7-2-1-3-8-16/h1-4,6-9,14H,5,10-13H2. The molecule has 0 fully saturated rings. The molecule has 0 bridgehead atoms. The summed E-state index contributed by atoms with van der Waals surface area (Å²) in [6, 6.07) is 17.3. The van der Waals surface area contributed by atoms with E-state index in [0.29, 0.717) is 19.6 Å².